The second-order valence-electron chi connectivity index (χ2n) is 5.06. The molecule has 1 aliphatic rings. The first-order valence-corrected chi connectivity index (χ1v) is 7.23. The first-order chi connectivity index (χ1) is 9.00. The van der Waals surface area contributed by atoms with E-state index >= 15 is 0 Å². The van der Waals surface area contributed by atoms with E-state index in [0.717, 1.165) is 19.5 Å². The molecule has 0 aromatic heterocycles. The lowest BCUT2D eigenvalue weighted by Gasteiger charge is -2.28. The average molecular weight is 329 g/mol. The number of carbonyl (C=O) groups excluding carboxylic acids is 1. The Bertz CT molecular complexity index is 481. The molecule has 0 saturated carbocycles. The van der Waals surface area contributed by atoms with E-state index in [1.54, 1.807) is 23.1 Å². The molecule has 2 rings (SSSR count). The van der Waals surface area contributed by atoms with Crippen molar-refractivity contribution in [1.29, 1.82) is 0 Å². The summed E-state index contributed by atoms with van der Waals surface area (Å²) in [6.07, 6.45) is 0.919. The summed E-state index contributed by atoms with van der Waals surface area (Å²) in [6, 6.07) is 4.93. The van der Waals surface area contributed by atoms with Crippen molar-refractivity contribution in [3.05, 3.63) is 34.1 Å². The summed E-state index contributed by atoms with van der Waals surface area (Å²) in [4.78, 5) is 16.5. The van der Waals surface area contributed by atoms with Crippen LogP contribution in [0.2, 0.25) is 0 Å². The molecule has 1 heterocycles. The van der Waals surface area contributed by atoms with Gasteiger partial charge < -0.3 is 9.80 Å². The van der Waals surface area contributed by atoms with Gasteiger partial charge in [-0.2, -0.15) is 0 Å². The molecule has 1 aromatic rings. The van der Waals surface area contributed by atoms with Crippen molar-refractivity contribution in [3.8, 4) is 0 Å². The minimum atomic E-state index is -0.475. The van der Waals surface area contributed by atoms with Gasteiger partial charge in [-0.25, -0.2) is 4.39 Å². The Balaban J connectivity index is 2.25. The largest absolute Gasteiger partial charge is 0.335 e. The fourth-order valence-corrected chi connectivity index (χ4v) is 2.86. The summed E-state index contributed by atoms with van der Waals surface area (Å²) >= 11 is 3.12. The fraction of sp³-hybridized carbons (Fsp3) is 0.500. The number of amides is 1. The maximum absolute atomic E-state index is 14.0. The predicted octanol–water partition coefficient (Wildman–Crippen LogP) is 2.75. The van der Waals surface area contributed by atoms with Crippen molar-refractivity contribution < 1.29 is 9.18 Å². The van der Waals surface area contributed by atoms with Crippen LogP contribution in [0.3, 0.4) is 0 Å². The molecule has 0 spiro atoms. The van der Waals surface area contributed by atoms with Gasteiger partial charge >= 0.3 is 0 Å². The van der Waals surface area contributed by atoms with Gasteiger partial charge in [-0.05, 0) is 55.0 Å². The summed E-state index contributed by atoms with van der Waals surface area (Å²) in [5.74, 6) is -0.695. The van der Waals surface area contributed by atoms with Crippen LogP contribution in [-0.2, 0) is 0 Å². The van der Waals surface area contributed by atoms with Gasteiger partial charge in [0.1, 0.15) is 5.82 Å². The van der Waals surface area contributed by atoms with Gasteiger partial charge in [-0.1, -0.05) is 6.07 Å². The minimum Gasteiger partial charge on any atom is -0.335 e. The van der Waals surface area contributed by atoms with Crippen LogP contribution in [0.1, 0.15) is 23.7 Å². The SMILES string of the molecule is CC1CN(C)CCCN1C(=O)c1cccc(Br)c1F. The minimum absolute atomic E-state index is 0.0957. The second kappa shape index (κ2) is 6.01. The van der Waals surface area contributed by atoms with Gasteiger partial charge in [0.25, 0.3) is 5.91 Å². The fourth-order valence-electron chi connectivity index (χ4n) is 2.50. The molecule has 1 amide bonds. The Morgan fingerprint density at radius 2 is 2.16 bits per heavy atom. The summed E-state index contributed by atoms with van der Waals surface area (Å²) < 4.78 is 14.3. The molecule has 1 saturated heterocycles. The number of hydrogen-bond donors (Lipinski definition) is 0. The molecule has 1 aliphatic heterocycles. The highest BCUT2D eigenvalue weighted by Gasteiger charge is 2.27. The van der Waals surface area contributed by atoms with E-state index in [0.29, 0.717) is 11.0 Å². The lowest BCUT2D eigenvalue weighted by atomic mass is 10.1. The summed E-state index contributed by atoms with van der Waals surface area (Å²) in [5.41, 5.74) is 0.144. The van der Waals surface area contributed by atoms with E-state index in [4.69, 9.17) is 0 Å². The number of hydrogen-bond acceptors (Lipinski definition) is 2. The molecule has 0 N–H and O–H groups in total. The van der Waals surface area contributed by atoms with Crippen LogP contribution in [0.4, 0.5) is 4.39 Å². The molecule has 104 valence electrons. The van der Waals surface area contributed by atoms with Crippen LogP contribution in [-0.4, -0.2) is 48.4 Å². The summed E-state index contributed by atoms with van der Waals surface area (Å²) in [7, 11) is 2.05. The van der Waals surface area contributed by atoms with Crippen LogP contribution in [0.15, 0.2) is 22.7 Å². The third kappa shape index (κ3) is 3.15. The first kappa shape index (κ1) is 14.5. The molecule has 3 nitrogen and oxygen atoms in total. The summed E-state index contributed by atoms with van der Waals surface area (Å²) in [5, 5.41) is 0. The normalized spacial score (nSPS) is 21.3. The zero-order chi connectivity index (χ0) is 14.0. The molecule has 1 fully saturated rings. The Labute approximate surface area is 121 Å². The van der Waals surface area contributed by atoms with Crippen molar-refractivity contribution in [3.63, 3.8) is 0 Å². The van der Waals surface area contributed by atoms with E-state index < -0.39 is 5.82 Å². The van der Waals surface area contributed by atoms with Crippen molar-refractivity contribution in [2.75, 3.05) is 26.7 Å². The lowest BCUT2D eigenvalue weighted by molar-refractivity contribution is 0.0691. The Morgan fingerprint density at radius 1 is 1.42 bits per heavy atom. The standard InChI is InChI=1S/C14H18BrFN2O/c1-10-9-17(2)7-4-8-18(10)14(19)11-5-3-6-12(15)13(11)16/h3,5-6,10H,4,7-9H2,1-2H3. The highest BCUT2D eigenvalue weighted by molar-refractivity contribution is 9.10. The van der Waals surface area contributed by atoms with Gasteiger partial charge in [0.15, 0.2) is 0 Å². The van der Waals surface area contributed by atoms with Crippen LogP contribution in [0, 0.1) is 5.82 Å². The highest BCUT2D eigenvalue weighted by atomic mass is 79.9. The number of carbonyl (C=O) groups is 1. The Morgan fingerprint density at radius 3 is 2.89 bits per heavy atom. The number of benzene rings is 1. The smallest absolute Gasteiger partial charge is 0.257 e. The summed E-state index contributed by atoms with van der Waals surface area (Å²) in [6.45, 7) is 4.47. The monoisotopic (exact) mass is 328 g/mol. The molecule has 0 radical (unpaired) electrons. The molecular formula is C14H18BrFN2O. The zero-order valence-electron chi connectivity index (χ0n) is 11.2. The van der Waals surface area contributed by atoms with Crippen molar-refractivity contribution in [2.24, 2.45) is 0 Å². The molecule has 1 aromatic carbocycles. The Kier molecular flexibility index (Phi) is 4.58. The van der Waals surface area contributed by atoms with Crippen LogP contribution in [0.5, 0.6) is 0 Å². The van der Waals surface area contributed by atoms with E-state index in [2.05, 4.69) is 20.8 Å². The average Bonchev–Trinajstić information content (AvgIpc) is 2.53. The van der Waals surface area contributed by atoms with Gasteiger partial charge in [0, 0.05) is 19.1 Å². The molecule has 19 heavy (non-hydrogen) atoms. The van der Waals surface area contributed by atoms with Crippen LogP contribution in [0.25, 0.3) is 0 Å². The quantitative estimate of drug-likeness (QED) is 0.791. The van der Waals surface area contributed by atoms with Gasteiger partial charge in [-0.15, -0.1) is 0 Å². The molecule has 1 unspecified atom stereocenters. The molecule has 0 bridgehead atoms. The molecule has 5 heteroatoms. The van der Waals surface area contributed by atoms with E-state index in [-0.39, 0.29) is 17.5 Å². The first-order valence-electron chi connectivity index (χ1n) is 6.44. The second-order valence-corrected chi connectivity index (χ2v) is 5.92. The van der Waals surface area contributed by atoms with Crippen LogP contribution < -0.4 is 0 Å². The molecular weight excluding hydrogens is 311 g/mol. The van der Waals surface area contributed by atoms with E-state index in [1.165, 1.54) is 0 Å². The van der Waals surface area contributed by atoms with Gasteiger partial charge in [0.05, 0.1) is 10.0 Å². The lowest BCUT2D eigenvalue weighted by Crippen LogP contribution is -2.42. The van der Waals surface area contributed by atoms with E-state index in [1.807, 2.05) is 14.0 Å². The van der Waals surface area contributed by atoms with Crippen LogP contribution >= 0.6 is 15.9 Å². The number of likely N-dealkylation sites (N-methyl/N-ethyl adjacent to an activating group) is 1. The predicted molar refractivity (Wildman–Crippen MR) is 76.7 cm³/mol. The van der Waals surface area contributed by atoms with E-state index in [9.17, 15) is 9.18 Å². The zero-order valence-corrected chi connectivity index (χ0v) is 12.8. The maximum atomic E-state index is 14.0. The number of halogens is 2. The number of nitrogens with zero attached hydrogens (tertiary/aromatic N) is 2. The molecule has 0 aliphatic carbocycles. The number of rotatable bonds is 1. The van der Waals surface area contributed by atoms with Gasteiger partial charge in [-0.3, -0.25) is 4.79 Å². The molecule has 1 atom stereocenters. The highest BCUT2D eigenvalue weighted by Crippen LogP contribution is 2.21. The van der Waals surface area contributed by atoms with Crippen molar-refractivity contribution >= 4 is 21.8 Å². The third-order valence-electron chi connectivity index (χ3n) is 3.49. The third-order valence-corrected chi connectivity index (χ3v) is 4.10. The Hall–Kier alpha value is -0.940. The topological polar surface area (TPSA) is 23.6 Å². The maximum Gasteiger partial charge on any atom is 0.257 e. The van der Waals surface area contributed by atoms with Gasteiger partial charge in [0.2, 0.25) is 0 Å². The van der Waals surface area contributed by atoms with Crippen molar-refractivity contribution in [2.45, 2.75) is 19.4 Å². The van der Waals surface area contributed by atoms with Crippen molar-refractivity contribution in [1.82, 2.24) is 9.80 Å².